The standard InChI is InChI=1S/C16H22N4O2S/c1-3-6-13(2)15(21)20-12-23-11-14(20)16(22)19(9-4-7-17)10-5-8-18/h6,14H,3-5,9-12H2,1-2H3/b13-6+/t14-/m1/s1. The minimum absolute atomic E-state index is 0.115. The zero-order chi connectivity index (χ0) is 17.2. The van der Waals surface area contributed by atoms with Gasteiger partial charge in [0.05, 0.1) is 30.9 Å². The Morgan fingerprint density at radius 2 is 1.91 bits per heavy atom. The van der Waals surface area contributed by atoms with Crippen LogP contribution >= 0.6 is 11.8 Å². The van der Waals surface area contributed by atoms with E-state index in [2.05, 4.69) is 0 Å². The summed E-state index contributed by atoms with van der Waals surface area (Å²) in [5.74, 6) is 0.766. The van der Waals surface area contributed by atoms with Crippen molar-refractivity contribution in [3.8, 4) is 12.1 Å². The minimum Gasteiger partial charge on any atom is -0.339 e. The van der Waals surface area contributed by atoms with Crippen molar-refractivity contribution in [2.24, 2.45) is 0 Å². The smallest absolute Gasteiger partial charge is 0.250 e. The Bertz CT molecular complexity index is 529. The first-order valence-corrected chi connectivity index (χ1v) is 8.80. The molecule has 124 valence electrons. The molecular weight excluding hydrogens is 312 g/mol. The quantitative estimate of drug-likeness (QED) is 0.664. The molecule has 1 aliphatic rings. The van der Waals surface area contributed by atoms with E-state index in [1.54, 1.807) is 23.6 Å². The van der Waals surface area contributed by atoms with Crippen molar-refractivity contribution in [2.45, 2.75) is 39.2 Å². The van der Waals surface area contributed by atoms with Gasteiger partial charge in [-0.1, -0.05) is 13.0 Å². The van der Waals surface area contributed by atoms with Crippen LogP contribution in [0.25, 0.3) is 0 Å². The monoisotopic (exact) mass is 334 g/mol. The summed E-state index contributed by atoms with van der Waals surface area (Å²) in [6.07, 6.45) is 3.07. The van der Waals surface area contributed by atoms with Gasteiger partial charge in [0.1, 0.15) is 6.04 Å². The Balaban J connectivity index is 2.85. The molecule has 0 aromatic heterocycles. The summed E-state index contributed by atoms with van der Waals surface area (Å²) in [6.45, 7) is 4.32. The van der Waals surface area contributed by atoms with E-state index in [1.807, 2.05) is 25.1 Å². The van der Waals surface area contributed by atoms with E-state index in [4.69, 9.17) is 10.5 Å². The molecule has 0 spiro atoms. The van der Waals surface area contributed by atoms with E-state index < -0.39 is 6.04 Å². The summed E-state index contributed by atoms with van der Waals surface area (Å²) in [7, 11) is 0. The Morgan fingerprint density at radius 1 is 1.30 bits per heavy atom. The van der Waals surface area contributed by atoms with Crippen LogP contribution in [-0.2, 0) is 9.59 Å². The van der Waals surface area contributed by atoms with Crippen molar-refractivity contribution in [1.29, 1.82) is 10.5 Å². The highest BCUT2D eigenvalue weighted by molar-refractivity contribution is 7.99. The lowest BCUT2D eigenvalue weighted by Gasteiger charge is -2.29. The van der Waals surface area contributed by atoms with Crippen LogP contribution in [0.3, 0.4) is 0 Å². The van der Waals surface area contributed by atoms with E-state index >= 15 is 0 Å². The molecule has 0 aromatic carbocycles. The third kappa shape index (κ3) is 5.30. The van der Waals surface area contributed by atoms with E-state index in [9.17, 15) is 9.59 Å². The number of amides is 2. The summed E-state index contributed by atoms with van der Waals surface area (Å²) < 4.78 is 0. The number of nitriles is 2. The van der Waals surface area contributed by atoms with Gasteiger partial charge in [0.15, 0.2) is 0 Å². The van der Waals surface area contributed by atoms with Crippen LogP contribution in [0.5, 0.6) is 0 Å². The average molecular weight is 334 g/mol. The number of allylic oxidation sites excluding steroid dienone is 1. The molecule has 23 heavy (non-hydrogen) atoms. The first kappa shape index (κ1) is 19.1. The number of carbonyl (C=O) groups excluding carboxylic acids is 2. The highest BCUT2D eigenvalue weighted by Crippen LogP contribution is 2.24. The second-order valence-corrected chi connectivity index (χ2v) is 6.23. The van der Waals surface area contributed by atoms with E-state index in [1.165, 1.54) is 4.90 Å². The molecule has 0 N–H and O–H groups in total. The molecule has 0 radical (unpaired) electrons. The maximum Gasteiger partial charge on any atom is 0.250 e. The zero-order valence-electron chi connectivity index (χ0n) is 13.6. The van der Waals surface area contributed by atoms with Gasteiger partial charge < -0.3 is 9.80 Å². The molecule has 0 aromatic rings. The SMILES string of the molecule is CC/C=C(\C)C(=O)N1CSC[C@@H]1C(=O)N(CCC#N)CCC#N. The average Bonchev–Trinajstić information content (AvgIpc) is 3.03. The molecule has 0 unspecified atom stereocenters. The summed E-state index contributed by atoms with van der Waals surface area (Å²) in [5, 5.41) is 17.5. The molecule has 2 amide bonds. The summed E-state index contributed by atoms with van der Waals surface area (Å²) >= 11 is 1.55. The molecular formula is C16H22N4O2S. The molecule has 7 heteroatoms. The van der Waals surface area contributed by atoms with Gasteiger partial charge in [0.2, 0.25) is 5.91 Å². The number of hydrogen-bond acceptors (Lipinski definition) is 5. The van der Waals surface area contributed by atoms with Crippen molar-refractivity contribution in [3.05, 3.63) is 11.6 Å². The van der Waals surface area contributed by atoms with Gasteiger partial charge in [-0.3, -0.25) is 9.59 Å². The van der Waals surface area contributed by atoms with Gasteiger partial charge in [0.25, 0.3) is 5.91 Å². The maximum absolute atomic E-state index is 12.7. The van der Waals surface area contributed by atoms with E-state index in [0.29, 0.717) is 30.3 Å². The second kappa shape index (κ2) is 9.91. The van der Waals surface area contributed by atoms with Crippen molar-refractivity contribution in [2.75, 3.05) is 24.7 Å². The third-order valence-corrected chi connectivity index (χ3v) is 4.59. The lowest BCUT2D eigenvalue weighted by molar-refractivity contribution is -0.141. The van der Waals surface area contributed by atoms with Crippen LogP contribution in [0.15, 0.2) is 11.6 Å². The molecule has 1 rings (SSSR count). The second-order valence-electron chi connectivity index (χ2n) is 5.23. The Hall–Kier alpha value is -1.99. The molecule has 1 saturated heterocycles. The van der Waals surface area contributed by atoms with E-state index in [-0.39, 0.29) is 24.7 Å². The first-order valence-electron chi connectivity index (χ1n) is 7.64. The third-order valence-electron chi connectivity index (χ3n) is 3.57. The topological polar surface area (TPSA) is 88.2 Å². The van der Waals surface area contributed by atoms with Crippen LogP contribution in [0.2, 0.25) is 0 Å². The number of rotatable bonds is 7. The first-order chi connectivity index (χ1) is 11.1. The number of hydrogen-bond donors (Lipinski definition) is 0. The van der Waals surface area contributed by atoms with Crippen LogP contribution in [-0.4, -0.2) is 52.4 Å². The zero-order valence-corrected chi connectivity index (χ0v) is 14.4. The summed E-state index contributed by atoms with van der Waals surface area (Å²) in [5.41, 5.74) is 0.647. The van der Waals surface area contributed by atoms with Crippen LogP contribution in [0.1, 0.15) is 33.1 Å². The minimum atomic E-state index is -0.509. The van der Waals surface area contributed by atoms with Crippen LogP contribution in [0.4, 0.5) is 0 Å². The molecule has 1 atom stereocenters. The predicted octanol–water partition coefficient (Wildman–Crippen LogP) is 1.90. The fourth-order valence-electron chi connectivity index (χ4n) is 2.38. The van der Waals surface area contributed by atoms with Gasteiger partial charge in [-0.2, -0.15) is 10.5 Å². The fourth-order valence-corrected chi connectivity index (χ4v) is 3.53. The largest absolute Gasteiger partial charge is 0.339 e. The van der Waals surface area contributed by atoms with Crippen LogP contribution < -0.4 is 0 Å². The maximum atomic E-state index is 12.7. The summed E-state index contributed by atoms with van der Waals surface area (Å²) in [4.78, 5) is 28.3. The predicted molar refractivity (Wildman–Crippen MR) is 89.0 cm³/mol. The Morgan fingerprint density at radius 3 is 2.43 bits per heavy atom. The van der Waals surface area contributed by atoms with E-state index in [0.717, 1.165) is 6.42 Å². The number of thioether (sulfide) groups is 1. The lowest BCUT2D eigenvalue weighted by Crippen LogP contribution is -2.49. The van der Waals surface area contributed by atoms with Gasteiger partial charge in [-0.25, -0.2) is 0 Å². The van der Waals surface area contributed by atoms with Crippen LogP contribution in [0, 0.1) is 22.7 Å². The van der Waals surface area contributed by atoms with Crippen molar-refractivity contribution in [1.82, 2.24) is 9.80 Å². The summed E-state index contributed by atoms with van der Waals surface area (Å²) in [6, 6.07) is 3.53. The van der Waals surface area contributed by atoms with Gasteiger partial charge >= 0.3 is 0 Å². The van der Waals surface area contributed by atoms with Gasteiger partial charge in [-0.15, -0.1) is 11.8 Å². The van der Waals surface area contributed by atoms with Crippen molar-refractivity contribution in [3.63, 3.8) is 0 Å². The highest BCUT2D eigenvalue weighted by atomic mass is 32.2. The van der Waals surface area contributed by atoms with Gasteiger partial charge in [0, 0.05) is 24.4 Å². The molecule has 0 bridgehead atoms. The highest BCUT2D eigenvalue weighted by Gasteiger charge is 2.37. The molecule has 1 heterocycles. The molecule has 0 aliphatic carbocycles. The number of nitrogens with zero attached hydrogens (tertiary/aromatic N) is 4. The number of carbonyl (C=O) groups is 2. The molecule has 1 fully saturated rings. The Kier molecular flexibility index (Phi) is 8.21. The van der Waals surface area contributed by atoms with Gasteiger partial charge in [-0.05, 0) is 13.3 Å². The molecule has 1 aliphatic heterocycles. The molecule has 0 saturated carbocycles. The Labute approximate surface area is 141 Å². The normalized spacial score (nSPS) is 17.5. The fraction of sp³-hybridized carbons (Fsp3) is 0.625. The molecule has 6 nitrogen and oxygen atoms in total. The van der Waals surface area contributed by atoms with Crippen molar-refractivity contribution >= 4 is 23.6 Å². The van der Waals surface area contributed by atoms with Crippen molar-refractivity contribution < 1.29 is 9.59 Å². The lowest BCUT2D eigenvalue weighted by atomic mass is 10.1.